The summed E-state index contributed by atoms with van der Waals surface area (Å²) in [6, 6.07) is 10.1. The van der Waals surface area contributed by atoms with Gasteiger partial charge in [-0.3, -0.25) is 14.7 Å². The Balaban J connectivity index is 0.00000280. The molecule has 0 spiro atoms. The Hall–Kier alpha value is -2.10. The average Bonchev–Trinajstić information content (AvgIpc) is 3.01. The Morgan fingerprint density at radius 3 is 2.54 bits per heavy atom. The standard InChI is InChI=1S/C20H27N5O2.HI/c1-2-21-19(22-10-13-25-18(26)15-23-20(25)27)24-11-8-17(9-12-24)14-16-6-4-3-5-7-16;/h3-7,14H,2,8-13,15H2,1H3,(H,21,22)(H,23,27);1H. The fourth-order valence-electron chi connectivity index (χ4n) is 3.30. The second-order valence-corrected chi connectivity index (χ2v) is 6.64. The molecule has 0 aromatic heterocycles. The molecule has 2 aliphatic rings. The highest BCUT2D eigenvalue weighted by molar-refractivity contribution is 14.0. The Kier molecular flexibility index (Phi) is 8.75. The summed E-state index contributed by atoms with van der Waals surface area (Å²) in [5.74, 6) is 0.664. The lowest BCUT2D eigenvalue weighted by molar-refractivity contribution is -0.124. The van der Waals surface area contributed by atoms with Crippen LogP contribution in [0.15, 0.2) is 40.9 Å². The molecule has 2 saturated heterocycles. The second-order valence-electron chi connectivity index (χ2n) is 6.64. The van der Waals surface area contributed by atoms with Crippen LogP contribution in [0.4, 0.5) is 4.79 Å². The number of imide groups is 1. The number of carbonyl (C=O) groups excluding carboxylic acids is 2. The van der Waals surface area contributed by atoms with E-state index in [0.29, 0.717) is 13.1 Å². The van der Waals surface area contributed by atoms with Gasteiger partial charge in [-0.05, 0) is 25.3 Å². The van der Waals surface area contributed by atoms with Crippen molar-refractivity contribution in [3.63, 3.8) is 0 Å². The molecule has 0 unspecified atom stereocenters. The van der Waals surface area contributed by atoms with Crippen LogP contribution in [0.1, 0.15) is 25.3 Å². The van der Waals surface area contributed by atoms with Crippen molar-refractivity contribution in [1.82, 2.24) is 20.4 Å². The number of nitrogens with zero attached hydrogens (tertiary/aromatic N) is 3. The van der Waals surface area contributed by atoms with Gasteiger partial charge in [-0.25, -0.2) is 4.79 Å². The van der Waals surface area contributed by atoms with Crippen molar-refractivity contribution >= 4 is 48.0 Å². The second kappa shape index (κ2) is 11.0. The summed E-state index contributed by atoms with van der Waals surface area (Å²) in [5, 5.41) is 5.84. The number of amides is 3. The third-order valence-electron chi connectivity index (χ3n) is 4.73. The van der Waals surface area contributed by atoms with Crippen molar-refractivity contribution in [2.24, 2.45) is 4.99 Å². The van der Waals surface area contributed by atoms with Crippen LogP contribution in [-0.2, 0) is 4.79 Å². The van der Waals surface area contributed by atoms with Crippen LogP contribution in [0.3, 0.4) is 0 Å². The van der Waals surface area contributed by atoms with Gasteiger partial charge in [0.05, 0.1) is 19.6 Å². The Morgan fingerprint density at radius 2 is 1.93 bits per heavy atom. The van der Waals surface area contributed by atoms with Gasteiger partial charge in [0.15, 0.2) is 5.96 Å². The number of halogens is 1. The van der Waals surface area contributed by atoms with Crippen LogP contribution in [0.2, 0.25) is 0 Å². The number of hydrogen-bond donors (Lipinski definition) is 2. The van der Waals surface area contributed by atoms with Gasteiger partial charge in [0.1, 0.15) is 0 Å². The fraction of sp³-hybridized carbons (Fsp3) is 0.450. The minimum absolute atomic E-state index is 0. The van der Waals surface area contributed by atoms with Crippen molar-refractivity contribution in [3.05, 3.63) is 41.5 Å². The highest BCUT2D eigenvalue weighted by Gasteiger charge is 2.27. The lowest BCUT2D eigenvalue weighted by atomic mass is 10.0. The Labute approximate surface area is 183 Å². The summed E-state index contributed by atoms with van der Waals surface area (Å²) >= 11 is 0. The minimum Gasteiger partial charge on any atom is -0.357 e. The molecule has 2 N–H and O–H groups in total. The number of urea groups is 1. The fourth-order valence-corrected chi connectivity index (χ4v) is 3.30. The molecule has 0 aliphatic carbocycles. The molecule has 1 aromatic rings. The van der Waals surface area contributed by atoms with Gasteiger partial charge >= 0.3 is 6.03 Å². The summed E-state index contributed by atoms with van der Waals surface area (Å²) in [7, 11) is 0. The largest absolute Gasteiger partial charge is 0.357 e. The number of hydrogen-bond acceptors (Lipinski definition) is 3. The lowest BCUT2D eigenvalue weighted by Gasteiger charge is -2.31. The molecule has 3 amide bonds. The lowest BCUT2D eigenvalue weighted by Crippen LogP contribution is -2.45. The molecular weight excluding hydrogens is 469 g/mol. The van der Waals surface area contributed by atoms with Gasteiger partial charge in [-0.1, -0.05) is 42.0 Å². The summed E-state index contributed by atoms with van der Waals surface area (Å²) in [5.41, 5.74) is 2.70. The van der Waals surface area contributed by atoms with Crippen molar-refractivity contribution in [1.29, 1.82) is 0 Å². The highest BCUT2D eigenvalue weighted by Crippen LogP contribution is 2.19. The first kappa shape index (κ1) is 22.2. The number of likely N-dealkylation sites (tertiary alicyclic amines) is 1. The first-order valence-corrected chi connectivity index (χ1v) is 9.53. The van der Waals surface area contributed by atoms with Crippen LogP contribution in [-0.4, -0.2) is 67.0 Å². The van der Waals surface area contributed by atoms with Crippen molar-refractivity contribution in [2.45, 2.75) is 19.8 Å². The molecule has 0 radical (unpaired) electrons. The van der Waals surface area contributed by atoms with E-state index in [1.165, 1.54) is 16.0 Å². The van der Waals surface area contributed by atoms with Crippen molar-refractivity contribution in [3.8, 4) is 0 Å². The summed E-state index contributed by atoms with van der Waals surface area (Å²) in [6.07, 6.45) is 4.29. The molecule has 28 heavy (non-hydrogen) atoms. The van der Waals surface area contributed by atoms with E-state index in [0.717, 1.165) is 38.4 Å². The minimum atomic E-state index is -0.325. The highest BCUT2D eigenvalue weighted by atomic mass is 127. The molecule has 7 nitrogen and oxygen atoms in total. The first-order chi connectivity index (χ1) is 13.2. The topological polar surface area (TPSA) is 77.0 Å². The van der Waals surface area contributed by atoms with Crippen LogP contribution >= 0.6 is 24.0 Å². The van der Waals surface area contributed by atoms with Crippen LogP contribution in [0.25, 0.3) is 6.08 Å². The maximum absolute atomic E-state index is 11.6. The van der Waals surface area contributed by atoms with Gasteiger partial charge in [-0.2, -0.15) is 0 Å². The quantitative estimate of drug-likeness (QED) is 0.284. The normalized spacial score (nSPS) is 17.3. The third kappa shape index (κ3) is 5.95. The van der Waals surface area contributed by atoms with E-state index in [1.54, 1.807) is 0 Å². The number of guanidine groups is 1. The molecule has 8 heteroatoms. The number of nitrogens with one attached hydrogen (secondary N) is 2. The first-order valence-electron chi connectivity index (χ1n) is 9.53. The zero-order valence-corrected chi connectivity index (χ0v) is 18.5. The summed E-state index contributed by atoms with van der Waals surface area (Å²) < 4.78 is 0. The predicted molar refractivity (Wildman–Crippen MR) is 122 cm³/mol. The maximum atomic E-state index is 11.6. The molecule has 2 heterocycles. The van der Waals surface area contributed by atoms with Gasteiger partial charge in [-0.15, -0.1) is 24.0 Å². The van der Waals surface area contributed by atoms with Crippen molar-refractivity contribution in [2.75, 3.05) is 39.3 Å². The molecule has 0 bridgehead atoms. The van der Waals surface area contributed by atoms with E-state index in [4.69, 9.17) is 0 Å². The van der Waals surface area contributed by atoms with Crippen LogP contribution < -0.4 is 10.6 Å². The number of carbonyl (C=O) groups is 2. The zero-order chi connectivity index (χ0) is 19.1. The Morgan fingerprint density at radius 1 is 1.21 bits per heavy atom. The molecule has 0 saturated carbocycles. The van der Waals surface area contributed by atoms with E-state index in [1.807, 2.05) is 13.0 Å². The molecule has 3 rings (SSSR count). The van der Waals surface area contributed by atoms with Crippen molar-refractivity contribution < 1.29 is 9.59 Å². The number of benzene rings is 1. The molecule has 2 aliphatic heterocycles. The monoisotopic (exact) mass is 497 g/mol. The number of aliphatic imine (C=N–C) groups is 1. The summed E-state index contributed by atoms with van der Waals surface area (Å²) in [4.78, 5) is 31.3. The van der Waals surface area contributed by atoms with Gasteiger partial charge in [0.2, 0.25) is 5.91 Å². The van der Waals surface area contributed by atoms with E-state index in [-0.39, 0.29) is 42.5 Å². The molecule has 2 fully saturated rings. The van der Waals surface area contributed by atoms with E-state index >= 15 is 0 Å². The van der Waals surface area contributed by atoms with Crippen LogP contribution in [0, 0.1) is 0 Å². The molecular formula is C20H28IN5O2. The summed E-state index contributed by atoms with van der Waals surface area (Å²) in [6.45, 7) is 5.45. The maximum Gasteiger partial charge on any atom is 0.324 e. The zero-order valence-electron chi connectivity index (χ0n) is 16.2. The number of rotatable bonds is 5. The predicted octanol–water partition coefficient (Wildman–Crippen LogP) is 2.30. The van der Waals surface area contributed by atoms with Crippen LogP contribution in [0.5, 0.6) is 0 Å². The molecule has 0 atom stereocenters. The smallest absolute Gasteiger partial charge is 0.324 e. The Bertz CT molecular complexity index is 709. The molecule has 152 valence electrons. The third-order valence-corrected chi connectivity index (χ3v) is 4.73. The van der Waals surface area contributed by atoms with Gasteiger partial charge in [0.25, 0.3) is 0 Å². The number of piperidine rings is 1. The SMILES string of the molecule is CCNC(=NCCN1C(=O)CNC1=O)N1CCC(=Cc2ccccc2)CC1.I. The van der Waals surface area contributed by atoms with E-state index in [2.05, 4.69) is 50.9 Å². The van der Waals surface area contributed by atoms with E-state index in [9.17, 15) is 9.59 Å². The average molecular weight is 497 g/mol. The van der Waals surface area contributed by atoms with Gasteiger partial charge < -0.3 is 15.5 Å². The molecule has 1 aromatic carbocycles. The van der Waals surface area contributed by atoms with Gasteiger partial charge in [0, 0.05) is 19.6 Å². The van der Waals surface area contributed by atoms with E-state index < -0.39 is 0 Å².